The predicted octanol–water partition coefficient (Wildman–Crippen LogP) is 4.25. The molecule has 1 amide bonds. The van der Waals surface area contributed by atoms with Gasteiger partial charge in [-0.3, -0.25) is 10.2 Å². The molecule has 0 saturated carbocycles. The number of aliphatic imine (C=N–C) groups is 1. The second kappa shape index (κ2) is 9.84. The number of ether oxygens (including phenoxy) is 2. The molecule has 0 fully saturated rings. The number of fused-ring (bicyclic) bond motifs is 1. The summed E-state index contributed by atoms with van der Waals surface area (Å²) in [7, 11) is -3.74. The Bertz CT molecular complexity index is 1430. The van der Waals surface area contributed by atoms with Crippen molar-refractivity contribution < 1.29 is 22.7 Å². The average Bonchev–Trinajstić information content (AvgIpc) is 3.21. The summed E-state index contributed by atoms with van der Waals surface area (Å²) < 4.78 is 39.7. The molecule has 12 heteroatoms. The van der Waals surface area contributed by atoms with Crippen LogP contribution in [-0.2, 0) is 21.2 Å². The van der Waals surface area contributed by atoms with E-state index in [0.29, 0.717) is 23.7 Å². The third-order valence-corrected chi connectivity index (χ3v) is 6.97. The van der Waals surface area contributed by atoms with E-state index in [1.165, 1.54) is 6.08 Å². The van der Waals surface area contributed by atoms with E-state index in [-0.39, 0.29) is 33.4 Å². The van der Waals surface area contributed by atoms with Crippen molar-refractivity contribution in [2.24, 2.45) is 9.39 Å². The summed E-state index contributed by atoms with van der Waals surface area (Å²) in [6.45, 7) is 4.44. The zero-order valence-electron chi connectivity index (χ0n) is 19.0. The SMILES string of the molecule is CCOc1cc(/C=C2/C(=N)N3C(=NC2=O)SN=C3S(C)(=O)=O)cc(Cl)c1OCc1cccc(C)c1. The van der Waals surface area contributed by atoms with Crippen LogP contribution in [0, 0.1) is 12.3 Å². The van der Waals surface area contributed by atoms with Gasteiger partial charge in [-0.1, -0.05) is 41.4 Å². The topological polar surface area (TPSA) is 121 Å². The number of hydrogen-bond acceptors (Lipinski definition) is 8. The molecule has 2 aromatic carbocycles. The number of carbonyl (C=O) groups is 1. The van der Waals surface area contributed by atoms with Gasteiger partial charge in [0.1, 0.15) is 12.4 Å². The fraction of sp³-hybridized carbons (Fsp3) is 0.217. The Morgan fingerprint density at radius 2 is 2.00 bits per heavy atom. The molecule has 0 spiro atoms. The first kappa shape index (κ1) is 25.0. The number of nitrogens with zero attached hydrogens (tertiary/aromatic N) is 3. The molecule has 1 N–H and O–H groups in total. The molecule has 9 nitrogen and oxygen atoms in total. The summed E-state index contributed by atoms with van der Waals surface area (Å²) in [4.78, 5) is 17.6. The van der Waals surface area contributed by atoms with E-state index in [9.17, 15) is 13.2 Å². The second-order valence-electron chi connectivity index (χ2n) is 7.72. The molecule has 0 aliphatic carbocycles. The average molecular weight is 533 g/mol. The van der Waals surface area contributed by atoms with E-state index in [4.69, 9.17) is 26.5 Å². The first-order valence-corrected chi connectivity index (χ1v) is 13.5. The van der Waals surface area contributed by atoms with Gasteiger partial charge in [-0.05, 0) is 43.2 Å². The minimum absolute atomic E-state index is 0.0190. The van der Waals surface area contributed by atoms with Crippen LogP contribution in [0.15, 0.2) is 51.4 Å². The summed E-state index contributed by atoms with van der Waals surface area (Å²) >= 11 is 7.25. The van der Waals surface area contributed by atoms with Crippen molar-refractivity contribution in [3.05, 3.63) is 63.7 Å². The minimum atomic E-state index is -3.74. The largest absolute Gasteiger partial charge is 0.490 e. The summed E-state index contributed by atoms with van der Waals surface area (Å²) in [5.41, 5.74) is 2.42. The third kappa shape index (κ3) is 5.26. The molecule has 2 aliphatic heterocycles. The lowest BCUT2D eigenvalue weighted by atomic mass is 10.1. The van der Waals surface area contributed by atoms with Crippen molar-refractivity contribution in [3.63, 3.8) is 0 Å². The van der Waals surface area contributed by atoms with Gasteiger partial charge in [-0.15, -0.1) is 0 Å². The normalized spacial score (nSPS) is 16.8. The van der Waals surface area contributed by atoms with Crippen molar-refractivity contribution >= 4 is 61.5 Å². The van der Waals surface area contributed by atoms with Crippen molar-refractivity contribution in [2.75, 3.05) is 12.9 Å². The highest BCUT2D eigenvalue weighted by Crippen LogP contribution is 2.38. The van der Waals surface area contributed by atoms with E-state index in [1.807, 2.05) is 38.1 Å². The molecule has 2 aromatic rings. The van der Waals surface area contributed by atoms with Gasteiger partial charge in [0.25, 0.3) is 5.91 Å². The molecule has 0 aromatic heterocycles. The van der Waals surface area contributed by atoms with Gasteiger partial charge in [0.05, 0.1) is 29.2 Å². The van der Waals surface area contributed by atoms with Crippen LogP contribution in [0.4, 0.5) is 0 Å². The maximum absolute atomic E-state index is 12.6. The predicted molar refractivity (Wildman–Crippen MR) is 138 cm³/mol. The molecule has 0 atom stereocenters. The number of sulfone groups is 1. The number of benzene rings is 2. The molecular weight excluding hydrogens is 512 g/mol. The summed E-state index contributed by atoms with van der Waals surface area (Å²) in [5, 5.41) is 8.40. The van der Waals surface area contributed by atoms with E-state index in [0.717, 1.165) is 34.2 Å². The van der Waals surface area contributed by atoms with E-state index in [1.54, 1.807) is 12.1 Å². The lowest BCUT2D eigenvalue weighted by Gasteiger charge is -2.24. The second-order valence-corrected chi connectivity index (χ2v) is 10.8. The zero-order chi connectivity index (χ0) is 25.3. The first-order valence-electron chi connectivity index (χ1n) is 10.4. The van der Waals surface area contributed by atoms with Crippen LogP contribution in [-0.4, -0.2) is 48.3 Å². The Labute approximate surface area is 212 Å². The van der Waals surface area contributed by atoms with E-state index >= 15 is 0 Å². The van der Waals surface area contributed by atoms with Crippen molar-refractivity contribution in [2.45, 2.75) is 20.5 Å². The van der Waals surface area contributed by atoms with Crippen LogP contribution < -0.4 is 9.47 Å². The van der Waals surface area contributed by atoms with Gasteiger partial charge >= 0.3 is 0 Å². The Hall–Kier alpha value is -3.15. The van der Waals surface area contributed by atoms with Crippen LogP contribution in [0.3, 0.4) is 0 Å². The molecule has 2 heterocycles. The van der Waals surface area contributed by atoms with Gasteiger partial charge in [0.15, 0.2) is 11.5 Å². The standard InChI is InChI=1S/C23H21ClN4O5S2/c1-4-32-18-11-15(10-17(24)19(18)33-12-14-7-5-6-13(2)8-14)9-16-20(25)28-22(26-21(16)29)34-27-23(28)35(3,30)31/h5-11,25H,4,12H2,1-3H3/b16-9-,25-20?. The van der Waals surface area contributed by atoms with Crippen molar-refractivity contribution in [3.8, 4) is 11.5 Å². The number of rotatable bonds is 6. The molecule has 0 unspecified atom stereocenters. The Morgan fingerprint density at radius 3 is 2.69 bits per heavy atom. The number of carbonyl (C=O) groups excluding carboxylic acids is 1. The fourth-order valence-electron chi connectivity index (χ4n) is 3.44. The minimum Gasteiger partial charge on any atom is -0.490 e. The molecule has 35 heavy (non-hydrogen) atoms. The Kier molecular flexibility index (Phi) is 7.02. The van der Waals surface area contributed by atoms with Gasteiger partial charge in [0, 0.05) is 6.26 Å². The highest BCUT2D eigenvalue weighted by Gasteiger charge is 2.41. The molecule has 4 rings (SSSR count). The number of halogens is 1. The monoisotopic (exact) mass is 532 g/mol. The highest BCUT2D eigenvalue weighted by molar-refractivity contribution is 8.16. The number of nitrogens with one attached hydrogen (secondary N) is 1. The quantitative estimate of drug-likeness (QED) is 0.436. The van der Waals surface area contributed by atoms with Crippen LogP contribution in [0.1, 0.15) is 23.6 Å². The number of amides is 1. The molecule has 0 radical (unpaired) electrons. The fourth-order valence-corrected chi connectivity index (χ4v) is 5.55. The maximum Gasteiger partial charge on any atom is 0.283 e. The van der Waals surface area contributed by atoms with E-state index < -0.39 is 15.7 Å². The Balaban J connectivity index is 1.67. The Morgan fingerprint density at radius 1 is 1.23 bits per heavy atom. The lowest BCUT2D eigenvalue weighted by molar-refractivity contribution is -0.114. The van der Waals surface area contributed by atoms with Crippen LogP contribution in [0.25, 0.3) is 6.08 Å². The summed E-state index contributed by atoms with van der Waals surface area (Å²) in [6, 6.07) is 11.1. The highest BCUT2D eigenvalue weighted by atomic mass is 35.5. The lowest BCUT2D eigenvalue weighted by Crippen LogP contribution is -2.45. The van der Waals surface area contributed by atoms with Gasteiger partial charge in [-0.2, -0.15) is 9.39 Å². The number of aryl methyl sites for hydroxylation is 1. The number of hydrogen-bond donors (Lipinski definition) is 1. The molecule has 2 aliphatic rings. The van der Waals surface area contributed by atoms with Crippen LogP contribution in [0.5, 0.6) is 11.5 Å². The van der Waals surface area contributed by atoms with Gasteiger partial charge < -0.3 is 9.47 Å². The molecule has 0 bridgehead atoms. The van der Waals surface area contributed by atoms with Crippen molar-refractivity contribution in [1.29, 1.82) is 5.41 Å². The molecule has 0 saturated heterocycles. The number of amidine groups is 3. The molecular formula is C23H21ClN4O5S2. The van der Waals surface area contributed by atoms with E-state index in [2.05, 4.69) is 9.39 Å². The summed E-state index contributed by atoms with van der Waals surface area (Å²) in [5.74, 6) is -0.311. The van der Waals surface area contributed by atoms with Crippen LogP contribution >= 0.6 is 23.5 Å². The van der Waals surface area contributed by atoms with Crippen molar-refractivity contribution in [1.82, 2.24) is 4.90 Å². The first-order chi connectivity index (χ1) is 16.6. The van der Waals surface area contributed by atoms with Crippen LogP contribution in [0.2, 0.25) is 5.02 Å². The third-order valence-electron chi connectivity index (χ3n) is 4.93. The smallest absolute Gasteiger partial charge is 0.283 e. The maximum atomic E-state index is 12.6. The zero-order valence-corrected chi connectivity index (χ0v) is 21.4. The van der Waals surface area contributed by atoms with Gasteiger partial charge in [0.2, 0.25) is 20.2 Å². The summed E-state index contributed by atoms with van der Waals surface area (Å²) in [6.07, 6.45) is 2.39. The van der Waals surface area contributed by atoms with Gasteiger partial charge in [-0.25, -0.2) is 13.3 Å². The molecule has 182 valence electrons.